The Labute approximate surface area is 189 Å². The number of hydrogen-bond donors (Lipinski definition) is 1. The van der Waals surface area contributed by atoms with Crippen molar-refractivity contribution in [1.82, 2.24) is 10.2 Å². The quantitative estimate of drug-likeness (QED) is 0.587. The summed E-state index contributed by atoms with van der Waals surface area (Å²) in [5.41, 5.74) is 1.60. The summed E-state index contributed by atoms with van der Waals surface area (Å²) in [7, 11) is -3.79. The Bertz CT molecular complexity index is 1040. The molecule has 0 aliphatic carbocycles. The lowest BCUT2D eigenvalue weighted by Crippen LogP contribution is -2.51. The lowest BCUT2D eigenvalue weighted by Gasteiger charge is -2.31. The number of sulfonamides is 1. The van der Waals surface area contributed by atoms with Gasteiger partial charge in [0.25, 0.3) is 0 Å². The van der Waals surface area contributed by atoms with Crippen LogP contribution in [0.1, 0.15) is 31.9 Å². The van der Waals surface area contributed by atoms with Crippen LogP contribution in [0.2, 0.25) is 0 Å². The molecule has 2 rings (SSSR count). The molecule has 0 bridgehead atoms. The van der Waals surface area contributed by atoms with Crippen LogP contribution in [0.3, 0.4) is 0 Å². The molecule has 0 heterocycles. The minimum absolute atomic E-state index is 0.170. The maximum atomic E-state index is 14.3. The number of nitrogens with one attached hydrogen (secondary N) is 1. The summed E-state index contributed by atoms with van der Waals surface area (Å²) in [4.78, 5) is 26.9. The van der Waals surface area contributed by atoms with Gasteiger partial charge in [0.1, 0.15) is 18.4 Å². The average molecular weight is 464 g/mol. The van der Waals surface area contributed by atoms with Gasteiger partial charge in [-0.15, -0.1) is 0 Å². The van der Waals surface area contributed by atoms with Gasteiger partial charge in [0.05, 0.1) is 11.9 Å². The van der Waals surface area contributed by atoms with Gasteiger partial charge in [-0.05, 0) is 44.0 Å². The first kappa shape index (κ1) is 25.3. The van der Waals surface area contributed by atoms with Crippen molar-refractivity contribution in [2.24, 2.45) is 0 Å². The Morgan fingerprint density at radius 2 is 1.69 bits per heavy atom. The average Bonchev–Trinajstić information content (AvgIpc) is 2.75. The molecule has 1 atom stereocenters. The Hall–Kier alpha value is -2.94. The van der Waals surface area contributed by atoms with E-state index in [1.54, 1.807) is 37.3 Å². The van der Waals surface area contributed by atoms with Crippen molar-refractivity contribution >= 4 is 27.5 Å². The molecule has 2 amide bonds. The number of carbonyl (C=O) groups excluding carboxylic acids is 2. The molecule has 0 aliphatic rings. The van der Waals surface area contributed by atoms with E-state index >= 15 is 0 Å². The van der Waals surface area contributed by atoms with Crippen LogP contribution in [-0.4, -0.2) is 50.5 Å². The first-order valence-electron chi connectivity index (χ1n) is 10.5. The minimum atomic E-state index is -3.79. The number of carbonyl (C=O) groups is 2. The summed E-state index contributed by atoms with van der Waals surface area (Å²) in [6, 6.07) is 11.9. The van der Waals surface area contributed by atoms with Crippen molar-refractivity contribution in [2.75, 3.05) is 23.7 Å². The van der Waals surface area contributed by atoms with E-state index in [4.69, 9.17) is 0 Å². The second-order valence-corrected chi connectivity index (χ2v) is 9.38. The van der Waals surface area contributed by atoms with Crippen molar-refractivity contribution in [1.29, 1.82) is 0 Å². The topological polar surface area (TPSA) is 86.8 Å². The summed E-state index contributed by atoms with van der Waals surface area (Å²) >= 11 is 0. The molecular weight excluding hydrogens is 433 g/mol. The van der Waals surface area contributed by atoms with Gasteiger partial charge in [-0.3, -0.25) is 13.9 Å². The van der Waals surface area contributed by atoms with Crippen LogP contribution < -0.4 is 9.62 Å². The van der Waals surface area contributed by atoms with E-state index in [9.17, 15) is 22.4 Å². The maximum absolute atomic E-state index is 14.3. The van der Waals surface area contributed by atoms with Crippen LogP contribution in [0, 0.1) is 5.82 Å². The second-order valence-electron chi connectivity index (χ2n) is 7.47. The molecule has 0 saturated heterocycles. The molecule has 0 saturated carbocycles. The monoisotopic (exact) mass is 463 g/mol. The third-order valence-electron chi connectivity index (χ3n) is 5.13. The van der Waals surface area contributed by atoms with Gasteiger partial charge >= 0.3 is 0 Å². The zero-order valence-electron chi connectivity index (χ0n) is 18.8. The van der Waals surface area contributed by atoms with Gasteiger partial charge < -0.3 is 10.2 Å². The predicted octanol–water partition coefficient (Wildman–Crippen LogP) is 2.71. The van der Waals surface area contributed by atoms with E-state index < -0.39 is 40.2 Å². The van der Waals surface area contributed by atoms with Crippen LogP contribution in [0.4, 0.5) is 10.1 Å². The van der Waals surface area contributed by atoms with Crippen molar-refractivity contribution in [3.63, 3.8) is 0 Å². The molecule has 0 aliphatic heterocycles. The van der Waals surface area contributed by atoms with Crippen molar-refractivity contribution in [3.05, 3.63) is 65.5 Å². The molecule has 32 heavy (non-hydrogen) atoms. The molecule has 174 valence electrons. The molecular formula is C23H30FN3O4S. The second kappa shape index (κ2) is 11.1. The number of nitrogens with zero attached hydrogens (tertiary/aromatic N) is 2. The molecule has 2 aromatic carbocycles. The highest BCUT2D eigenvalue weighted by Crippen LogP contribution is 2.20. The number of rotatable bonds is 10. The summed E-state index contributed by atoms with van der Waals surface area (Å²) in [5.74, 6) is -1.53. The van der Waals surface area contributed by atoms with E-state index in [-0.39, 0.29) is 12.1 Å². The van der Waals surface area contributed by atoms with Crippen molar-refractivity contribution < 1.29 is 22.4 Å². The highest BCUT2D eigenvalue weighted by Gasteiger charge is 2.30. The number of benzene rings is 2. The van der Waals surface area contributed by atoms with Gasteiger partial charge in [0.15, 0.2) is 0 Å². The summed E-state index contributed by atoms with van der Waals surface area (Å²) < 4.78 is 40.2. The molecule has 2 aromatic rings. The Morgan fingerprint density at radius 1 is 1.06 bits per heavy atom. The lowest BCUT2D eigenvalue weighted by molar-refractivity contribution is -0.139. The van der Waals surface area contributed by atoms with Gasteiger partial charge in [-0.2, -0.15) is 0 Å². The molecule has 1 N–H and O–H groups in total. The third-order valence-corrected chi connectivity index (χ3v) is 6.27. The fourth-order valence-corrected chi connectivity index (χ4v) is 4.08. The van der Waals surface area contributed by atoms with Gasteiger partial charge in [0.2, 0.25) is 21.8 Å². The van der Waals surface area contributed by atoms with Gasteiger partial charge in [-0.25, -0.2) is 12.8 Å². The van der Waals surface area contributed by atoms with Crippen LogP contribution >= 0.6 is 0 Å². The molecule has 0 unspecified atom stereocenters. The lowest BCUT2D eigenvalue weighted by atomic mass is 10.1. The molecule has 0 aromatic heterocycles. The number of amides is 2. The van der Waals surface area contributed by atoms with E-state index in [1.165, 1.54) is 30.0 Å². The first-order valence-corrected chi connectivity index (χ1v) is 12.3. The van der Waals surface area contributed by atoms with Crippen LogP contribution in [0.15, 0.2) is 48.5 Å². The van der Waals surface area contributed by atoms with Crippen molar-refractivity contribution in [2.45, 2.75) is 39.8 Å². The predicted molar refractivity (Wildman–Crippen MR) is 123 cm³/mol. The largest absolute Gasteiger partial charge is 0.355 e. The zero-order chi connectivity index (χ0) is 23.9. The number of aryl methyl sites for hydroxylation is 1. The fraction of sp³-hybridized carbons (Fsp3) is 0.391. The van der Waals surface area contributed by atoms with Crippen molar-refractivity contribution in [3.8, 4) is 0 Å². The molecule has 0 fully saturated rings. The minimum Gasteiger partial charge on any atom is -0.355 e. The van der Waals surface area contributed by atoms with Crippen LogP contribution in [0.5, 0.6) is 0 Å². The van der Waals surface area contributed by atoms with E-state index in [1.807, 2.05) is 6.92 Å². The van der Waals surface area contributed by atoms with Crippen LogP contribution in [-0.2, 0) is 32.6 Å². The summed E-state index contributed by atoms with van der Waals surface area (Å²) in [6.07, 6.45) is 1.81. The third kappa shape index (κ3) is 6.53. The number of hydrogen-bond acceptors (Lipinski definition) is 4. The SMILES string of the molecule is CCNC(=O)[C@@H](C)N(Cc1ccccc1F)C(=O)CN(c1ccc(CC)cc1)S(C)(=O)=O. The standard InChI is InChI=1S/C23H30FN3O4S/c1-5-18-11-13-20(14-12-18)27(32(4,30)31)16-22(28)26(17(3)23(29)25-6-2)15-19-9-7-8-10-21(19)24/h7-14,17H,5-6,15-16H2,1-4H3,(H,25,29)/t17-/m1/s1. The van der Waals surface area contributed by atoms with Crippen LogP contribution in [0.25, 0.3) is 0 Å². The normalized spacial score (nSPS) is 12.2. The Kier molecular flexibility index (Phi) is 8.77. The molecule has 9 heteroatoms. The number of anilines is 1. The maximum Gasteiger partial charge on any atom is 0.244 e. The summed E-state index contributed by atoms with van der Waals surface area (Å²) in [6.45, 7) is 4.95. The van der Waals surface area contributed by atoms with Gasteiger partial charge in [0, 0.05) is 18.7 Å². The Balaban J connectivity index is 2.38. The fourth-order valence-electron chi connectivity index (χ4n) is 3.23. The highest BCUT2D eigenvalue weighted by atomic mass is 32.2. The zero-order valence-corrected chi connectivity index (χ0v) is 19.7. The molecule has 7 nitrogen and oxygen atoms in total. The van der Waals surface area contributed by atoms with E-state index in [0.717, 1.165) is 22.5 Å². The van der Waals surface area contributed by atoms with E-state index in [0.29, 0.717) is 12.2 Å². The summed E-state index contributed by atoms with van der Waals surface area (Å²) in [5, 5.41) is 2.65. The van der Waals surface area contributed by atoms with Gasteiger partial charge in [-0.1, -0.05) is 37.3 Å². The first-order chi connectivity index (χ1) is 15.1. The number of likely N-dealkylation sites (N-methyl/N-ethyl adjacent to an activating group) is 1. The number of halogens is 1. The molecule has 0 radical (unpaired) electrons. The smallest absolute Gasteiger partial charge is 0.244 e. The Morgan fingerprint density at radius 3 is 2.22 bits per heavy atom. The molecule has 0 spiro atoms. The van der Waals surface area contributed by atoms with E-state index in [2.05, 4.69) is 5.32 Å². The highest BCUT2D eigenvalue weighted by molar-refractivity contribution is 7.92.